The van der Waals surface area contributed by atoms with Gasteiger partial charge in [0.25, 0.3) is 0 Å². The second-order valence-corrected chi connectivity index (χ2v) is 6.81. The molecule has 2 fully saturated rings. The van der Waals surface area contributed by atoms with E-state index in [0.29, 0.717) is 6.04 Å². The summed E-state index contributed by atoms with van der Waals surface area (Å²) in [4.78, 5) is 2.43. The van der Waals surface area contributed by atoms with Gasteiger partial charge in [0.15, 0.2) is 0 Å². The Kier molecular flexibility index (Phi) is 4.94. The lowest BCUT2D eigenvalue weighted by atomic mass is 9.94. The van der Waals surface area contributed by atoms with E-state index < -0.39 is 0 Å². The molecule has 0 aromatic rings. The molecule has 2 rings (SSSR count). The van der Waals surface area contributed by atoms with Crippen LogP contribution in [0.4, 0.5) is 0 Å². The average Bonchev–Trinajstić information content (AvgIpc) is 2.64. The molecule has 1 aliphatic carbocycles. The summed E-state index contributed by atoms with van der Waals surface area (Å²) >= 11 is 1.70. The fourth-order valence-corrected chi connectivity index (χ4v) is 3.95. The van der Waals surface area contributed by atoms with Gasteiger partial charge in [0.1, 0.15) is 4.75 Å². The van der Waals surface area contributed by atoms with E-state index in [-0.39, 0.29) is 10.9 Å². The van der Waals surface area contributed by atoms with Crippen LogP contribution in [-0.4, -0.2) is 46.2 Å². The number of nitriles is 1. The predicted octanol–water partition coefficient (Wildman–Crippen LogP) is 2.40. The molecule has 2 aliphatic rings. The summed E-state index contributed by atoms with van der Waals surface area (Å²) in [5, 5.41) is 19.5. The zero-order valence-electron chi connectivity index (χ0n) is 11.3. The SMILES string of the molecule is CSC1(C#N)CCN(C2CCCCCC2O)CC1. The van der Waals surface area contributed by atoms with Gasteiger partial charge in [0, 0.05) is 19.1 Å². The molecule has 0 amide bonds. The lowest BCUT2D eigenvalue weighted by molar-refractivity contribution is 0.0318. The van der Waals surface area contributed by atoms with Gasteiger partial charge in [-0.25, -0.2) is 0 Å². The van der Waals surface area contributed by atoms with Crippen molar-refractivity contribution in [3.05, 3.63) is 0 Å². The van der Waals surface area contributed by atoms with Crippen LogP contribution in [0.2, 0.25) is 0 Å². The molecule has 0 aromatic heterocycles. The molecular formula is C14H24N2OS. The van der Waals surface area contributed by atoms with Crippen LogP contribution < -0.4 is 0 Å². The van der Waals surface area contributed by atoms with Crippen LogP contribution >= 0.6 is 11.8 Å². The highest BCUT2D eigenvalue weighted by Gasteiger charge is 2.37. The van der Waals surface area contributed by atoms with Gasteiger partial charge >= 0.3 is 0 Å². The Bertz CT molecular complexity index is 307. The molecule has 1 heterocycles. The third kappa shape index (κ3) is 3.01. The number of aliphatic hydroxyl groups is 1. The third-order valence-corrected chi connectivity index (χ3v) is 5.89. The van der Waals surface area contributed by atoms with Crippen molar-refractivity contribution in [2.24, 2.45) is 0 Å². The van der Waals surface area contributed by atoms with Crippen molar-refractivity contribution in [1.29, 1.82) is 5.26 Å². The molecule has 2 atom stereocenters. The Morgan fingerprint density at radius 2 is 1.89 bits per heavy atom. The van der Waals surface area contributed by atoms with Gasteiger partial charge in [-0.15, -0.1) is 11.8 Å². The maximum absolute atomic E-state index is 10.2. The van der Waals surface area contributed by atoms with Gasteiger partial charge in [-0.3, -0.25) is 4.90 Å². The fraction of sp³-hybridized carbons (Fsp3) is 0.929. The number of rotatable bonds is 2. The van der Waals surface area contributed by atoms with E-state index in [4.69, 9.17) is 0 Å². The molecule has 102 valence electrons. The number of nitrogens with zero attached hydrogens (tertiary/aromatic N) is 2. The van der Waals surface area contributed by atoms with Crippen molar-refractivity contribution in [2.75, 3.05) is 19.3 Å². The summed E-state index contributed by atoms with van der Waals surface area (Å²) in [5.41, 5.74) is 0. The van der Waals surface area contributed by atoms with E-state index in [2.05, 4.69) is 11.0 Å². The molecule has 1 saturated carbocycles. The van der Waals surface area contributed by atoms with Gasteiger partial charge in [-0.05, 0) is 31.9 Å². The van der Waals surface area contributed by atoms with Crippen LogP contribution in [-0.2, 0) is 0 Å². The summed E-state index contributed by atoms with van der Waals surface area (Å²) in [6, 6.07) is 2.83. The van der Waals surface area contributed by atoms with Crippen molar-refractivity contribution in [3.63, 3.8) is 0 Å². The number of aliphatic hydroxyl groups excluding tert-OH is 1. The Morgan fingerprint density at radius 1 is 1.22 bits per heavy atom. The summed E-state index contributed by atoms with van der Waals surface area (Å²) < 4.78 is -0.174. The molecule has 0 radical (unpaired) electrons. The minimum absolute atomic E-state index is 0.156. The number of hydrogen-bond acceptors (Lipinski definition) is 4. The summed E-state index contributed by atoms with van der Waals surface area (Å²) in [5.74, 6) is 0. The van der Waals surface area contributed by atoms with Crippen molar-refractivity contribution >= 4 is 11.8 Å². The van der Waals surface area contributed by atoms with Gasteiger partial charge in [0.05, 0.1) is 12.2 Å². The first-order chi connectivity index (χ1) is 8.71. The fourth-order valence-electron chi connectivity index (χ4n) is 3.27. The highest BCUT2D eigenvalue weighted by Crippen LogP contribution is 2.35. The predicted molar refractivity (Wildman–Crippen MR) is 75.5 cm³/mol. The maximum atomic E-state index is 10.2. The van der Waals surface area contributed by atoms with Crippen LogP contribution in [0.25, 0.3) is 0 Å². The number of piperidine rings is 1. The first kappa shape index (κ1) is 14.2. The van der Waals surface area contributed by atoms with Crippen LogP contribution in [0.5, 0.6) is 0 Å². The summed E-state index contributed by atoms with van der Waals surface area (Å²) in [6.07, 6.45) is 9.50. The third-order valence-electron chi connectivity index (χ3n) is 4.61. The van der Waals surface area contributed by atoms with Gasteiger partial charge < -0.3 is 5.11 Å². The lowest BCUT2D eigenvalue weighted by Gasteiger charge is -2.41. The number of hydrogen-bond donors (Lipinski definition) is 1. The smallest absolute Gasteiger partial charge is 0.104 e. The molecule has 0 aromatic carbocycles. The van der Waals surface area contributed by atoms with Gasteiger partial charge in [-0.1, -0.05) is 19.3 Å². The maximum Gasteiger partial charge on any atom is 0.104 e. The molecular weight excluding hydrogens is 244 g/mol. The molecule has 0 bridgehead atoms. The second-order valence-electron chi connectivity index (χ2n) is 5.62. The Balaban J connectivity index is 1.94. The van der Waals surface area contributed by atoms with Crippen LogP contribution in [0, 0.1) is 11.3 Å². The molecule has 2 unspecified atom stereocenters. The standard InChI is InChI=1S/C14H24N2OS/c1-18-14(11-15)7-9-16(10-8-14)12-5-3-2-4-6-13(12)17/h12-13,17H,2-10H2,1H3. The minimum Gasteiger partial charge on any atom is -0.391 e. The van der Waals surface area contributed by atoms with Crippen molar-refractivity contribution < 1.29 is 5.11 Å². The molecule has 4 heteroatoms. The first-order valence-corrected chi connectivity index (χ1v) is 8.32. The Morgan fingerprint density at radius 3 is 2.50 bits per heavy atom. The first-order valence-electron chi connectivity index (χ1n) is 7.09. The normalized spacial score (nSPS) is 33.6. The van der Waals surface area contributed by atoms with E-state index in [1.165, 1.54) is 19.3 Å². The van der Waals surface area contributed by atoms with Gasteiger partial charge in [-0.2, -0.15) is 5.26 Å². The number of thioether (sulfide) groups is 1. The largest absolute Gasteiger partial charge is 0.391 e. The molecule has 3 nitrogen and oxygen atoms in total. The summed E-state index contributed by atoms with van der Waals surface area (Å²) in [7, 11) is 0. The van der Waals surface area contributed by atoms with Gasteiger partial charge in [0.2, 0.25) is 0 Å². The van der Waals surface area contributed by atoms with E-state index in [1.807, 2.05) is 6.26 Å². The second kappa shape index (κ2) is 6.27. The highest BCUT2D eigenvalue weighted by atomic mass is 32.2. The lowest BCUT2D eigenvalue weighted by Crippen LogP contribution is -2.50. The van der Waals surface area contributed by atoms with Crippen molar-refractivity contribution in [3.8, 4) is 6.07 Å². The molecule has 1 saturated heterocycles. The zero-order chi connectivity index (χ0) is 13.0. The van der Waals surface area contributed by atoms with Crippen LogP contribution in [0.3, 0.4) is 0 Å². The van der Waals surface area contributed by atoms with E-state index in [0.717, 1.165) is 38.8 Å². The highest BCUT2D eigenvalue weighted by molar-refractivity contribution is 8.00. The van der Waals surface area contributed by atoms with Crippen LogP contribution in [0.15, 0.2) is 0 Å². The molecule has 18 heavy (non-hydrogen) atoms. The Hall–Kier alpha value is -0.240. The zero-order valence-corrected chi connectivity index (χ0v) is 12.1. The van der Waals surface area contributed by atoms with E-state index in [9.17, 15) is 10.4 Å². The van der Waals surface area contributed by atoms with Crippen molar-refractivity contribution in [2.45, 2.75) is 61.8 Å². The molecule has 1 N–H and O–H groups in total. The quantitative estimate of drug-likeness (QED) is 0.781. The van der Waals surface area contributed by atoms with Crippen molar-refractivity contribution in [1.82, 2.24) is 4.90 Å². The topological polar surface area (TPSA) is 47.3 Å². The van der Waals surface area contributed by atoms with E-state index in [1.54, 1.807) is 11.8 Å². The average molecular weight is 268 g/mol. The minimum atomic E-state index is -0.174. The van der Waals surface area contributed by atoms with E-state index >= 15 is 0 Å². The monoisotopic (exact) mass is 268 g/mol. The van der Waals surface area contributed by atoms with Crippen LogP contribution in [0.1, 0.15) is 44.9 Å². The molecule has 0 spiro atoms. The summed E-state index contributed by atoms with van der Waals surface area (Å²) in [6.45, 7) is 1.94. The Labute approximate surface area is 115 Å². The molecule has 1 aliphatic heterocycles. The number of likely N-dealkylation sites (tertiary alicyclic amines) is 1.